The quantitative estimate of drug-likeness (QED) is 0.717. The van der Waals surface area contributed by atoms with E-state index >= 15 is 0 Å². The molecule has 1 N–H and O–H groups in total. The van der Waals surface area contributed by atoms with E-state index in [1.54, 1.807) is 0 Å². The van der Waals surface area contributed by atoms with Crippen molar-refractivity contribution in [1.82, 2.24) is 15.1 Å². The van der Waals surface area contributed by atoms with Gasteiger partial charge < -0.3 is 10.1 Å². The molecule has 16 heavy (non-hydrogen) atoms. The number of hydrogen-bond acceptors (Lipinski definition) is 3. The van der Waals surface area contributed by atoms with E-state index in [0.717, 1.165) is 25.1 Å². The van der Waals surface area contributed by atoms with Crippen molar-refractivity contribution in [3.8, 4) is 0 Å². The molecule has 92 valence electrons. The van der Waals surface area contributed by atoms with Crippen LogP contribution in [0.15, 0.2) is 6.20 Å². The normalized spacial score (nSPS) is 13.0. The molecule has 1 unspecified atom stereocenters. The minimum atomic E-state index is 0.246. The summed E-state index contributed by atoms with van der Waals surface area (Å²) in [6.45, 7) is 5.78. The van der Waals surface area contributed by atoms with Gasteiger partial charge >= 0.3 is 0 Å². The highest BCUT2D eigenvalue weighted by atomic mass is 16.5. The molecular weight excluding hydrogens is 202 g/mol. The molecule has 0 fully saturated rings. The number of nitrogens with zero attached hydrogens (tertiary/aromatic N) is 2. The Morgan fingerprint density at radius 2 is 2.25 bits per heavy atom. The van der Waals surface area contributed by atoms with E-state index in [4.69, 9.17) is 4.74 Å². The lowest BCUT2D eigenvalue weighted by Crippen LogP contribution is -2.22. The van der Waals surface area contributed by atoms with E-state index in [-0.39, 0.29) is 6.04 Å². The Morgan fingerprint density at radius 1 is 1.50 bits per heavy atom. The van der Waals surface area contributed by atoms with E-state index in [9.17, 15) is 0 Å². The summed E-state index contributed by atoms with van der Waals surface area (Å²) in [4.78, 5) is 0. The molecule has 0 bridgehead atoms. The van der Waals surface area contributed by atoms with Gasteiger partial charge in [-0.15, -0.1) is 0 Å². The molecule has 0 saturated heterocycles. The van der Waals surface area contributed by atoms with Crippen molar-refractivity contribution in [2.45, 2.75) is 32.7 Å². The van der Waals surface area contributed by atoms with Gasteiger partial charge in [-0.05, 0) is 19.9 Å². The Balaban J connectivity index is 2.69. The molecule has 0 aliphatic heterocycles. The van der Waals surface area contributed by atoms with Crippen LogP contribution in [0.4, 0.5) is 0 Å². The summed E-state index contributed by atoms with van der Waals surface area (Å²) in [5.74, 6) is 0. The van der Waals surface area contributed by atoms with Gasteiger partial charge in [-0.1, -0.05) is 13.8 Å². The summed E-state index contributed by atoms with van der Waals surface area (Å²) >= 11 is 0. The highest BCUT2D eigenvalue weighted by Crippen LogP contribution is 2.17. The Kier molecular flexibility index (Phi) is 5.49. The molecule has 1 atom stereocenters. The summed E-state index contributed by atoms with van der Waals surface area (Å²) in [5.41, 5.74) is 2.41. The zero-order valence-electron chi connectivity index (χ0n) is 10.8. The summed E-state index contributed by atoms with van der Waals surface area (Å²) in [6.07, 6.45) is 4.10. The van der Waals surface area contributed by atoms with Crippen molar-refractivity contribution in [3.63, 3.8) is 0 Å². The third-order valence-electron chi connectivity index (χ3n) is 2.63. The summed E-state index contributed by atoms with van der Waals surface area (Å²) in [5, 5.41) is 7.73. The lowest BCUT2D eigenvalue weighted by atomic mass is 10.1. The monoisotopic (exact) mass is 225 g/mol. The summed E-state index contributed by atoms with van der Waals surface area (Å²) in [6, 6.07) is 0.246. The summed E-state index contributed by atoms with van der Waals surface area (Å²) in [7, 11) is 3.93. The molecule has 1 aromatic heterocycles. The predicted molar refractivity (Wildman–Crippen MR) is 65.5 cm³/mol. The topological polar surface area (TPSA) is 39.1 Å². The van der Waals surface area contributed by atoms with Crippen LogP contribution in [0, 0.1) is 0 Å². The van der Waals surface area contributed by atoms with Crippen LogP contribution < -0.4 is 5.32 Å². The Hall–Kier alpha value is -0.870. The Bertz CT molecular complexity index is 309. The second-order valence-corrected chi connectivity index (χ2v) is 3.97. The maximum atomic E-state index is 5.60. The molecule has 1 aromatic rings. The van der Waals surface area contributed by atoms with Gasteiger partial charge in [0.15, 0.2) is 0 Å². The van der Waals surface area contributed by atoms with Crippen molar-refractivity contribution in [2.75, 3.05) is 20.3 Å². The third kappa shape index (κ3) is 3.32. The number of aryl methyl sites for hydroxylation is 2. The largest absolute Gasteiger partial charge is 0.379 e. The molecule has 4 heteroatoms. The van der Waals surface area contributed by atoms with E-state index in [1.165, 1.54) is 5.56 Å². The lowest BCUT2D eigenvalue weighted by Gasteiger charge is -2.15. The zero-order chi connectivity index (χ0) is 12.0. The van der Waals surface area contributed by atoms with Gasteiger partial charge in [-0.2, -0.15) is 5.10 Å². The Morgan fingerprint density at radius 3 is 2.81 bits per heavy atom. The first-order chi connectivity index (χ1) is 7.72. The molecule has 0 spiro atoms. The number of ether oxygens (including phenoxy) is 1. The van der Waals surface area contributed by atoms with Crippen molar-refractivity contribution < 1.29 is 4.74 Å². The van der Waals surface area contributed by atoms with Gasteiger partial charge in [0.05, 0.1) is 18.3 Å². The maximum absolute atomic E-state index is 5.60. The van der Waals surface area contributed by atoms with Crippen LogP contribution in [0.1, 0.15) is 37.6 Å². The molecule has 0 aliphatic rings. The van der Waals surface area contributed by atoms with E-state index < -0.39 is 0 Å². The van der Waals surface area contributed by atoms with Gasteiger partial charge in [-0.25, -0.2) is 0 Å². The first kappa shape index (κ1) is 13.2. The second kappa shape index (κ2) is 6.66. The number of likely N-dealkylation sites (N-methyl/N-ethyl adjacent to an activating group) is 1. The van der Waals surface area contributed by atoms with Crippen LogP contribution in [0.5, 0.6) is 0 Å². The maximum Gasteiger partial charge on any atom is 0.0670 e. The van der Waals surface area contributed by atoms with Crippen LogP contribution in [0.2, 0.25) is 0 Å². The standard InChI is InChI=1S/C12H23N3O/c1-5-7-16-9-12(13-3)10-8-15(4)14-11(10)6-2/h8,12-13H,5-7,9H2,1-4H3. The average molecular weight is 225 g/mol. The van der Waals surface area contributed by atoms with Crippen LogP contribution in [-0.4, -0.2) is 30.0 Å². The number of hydrogen-bond donors (Lipinski definition) is 1. The van der Waals surface area contributed by atoms with E-state index in [1.807, 2.05) is 18.8 Å². The molecule has 0 saturated carbocycles. The molecule has 1 rings (SSSR count). The highest BCUT2D eigenvalue weighted by Gasteiger charge is 2.15. The van der Waals surface area contributed by atoms with Crippen molar-refractivity contribution in [1.29, 1.82) is 0 Å². The van der Waals surface area contributed by atoms with Crippen LogP contribution >= 0.6 is 0 Å². The summed E-state index contributed by atoms with van der Waals surface area (Å²) < 4.78 is 7.47. The molecule has 1 heterocycles. The molecule has 0 aliphatic carbocycles. The van der Waals surface area contributed by atoms with Crippen molar-refractivity contribution in [3.05, 3.63) is 17.5 Å². The van der Waals surface area contributed by atoms with E-state index in [2.05, 4.69) is 30.5 Å². The fourth-order valence-electron chi connectivity index (χ4n) is 1.79. The fraction of sp³-hybridized carbons (Fsp3) is 0.750. The number of nitrogens with one attached hydrogen (secondary N) is 1. The SMILES string of the molecule is CCCOCC(NC)c1cn(C)nc1CC. The highest BCUT2D eigenvalue weighted by molar-refractivity contribution is 5.21. The van der Waals surface area contributed by atoms with Gasteiger partial charge in [0.25, 0.3) is 0 Å². The smallest absolute Gasteiger partial charge is 0.0670 e. The van der Waals surface area contributed by atoms with Crippen molar-refractivity contribution in [2.24, 2.45) is 7.05 Å². The van der Waals surface area contributed by atoms with Gasteiger partial charge in [-0.3, -0.25) is 4.68 Å². The van der Waals surface area contributed by atoms with Gasteiger partial charge in [0, 0.05) is 25.4 Å². The predicted octanol–water partition coefficient (Wildman–Crippen LogP) is 1.67. The van der Waals surface area contributed by atoms with Crippen LogP contribution in [0.3, 0.4) is 0 Å². The molecule has 0 radical (unpaired) electrons. The van der Waals surface area contributed by atoms with Crippen molar-refractivity contribution >= 4 is 0 Å². The van der Waals surface area contributed by atoms with Gasteiger partial charge in [0.2, 0.25) is 0 Å². The minimum absolute atomic E-state index is 0.246. The first-order valence-electron chi connectivity index (χ1n) is 6.00. The molecule has 0 aromatic carbocycles. The van der Waals surface area contributed by atoms with E-state index in [0.29, 0.717) is 6.61 Å². The molecule has 0 amide bonds. The van der Waals surface area contributed by atoms with Gasteiger partial charge in [0.1, 0.15) is 0 Å². The number of rotatable bonds is 7. The third-order valence-corrected chi connectivity index (χ3v) is 2.63. The fourth-order valence-corrected chi connectivity index (χ4v) is 1.79. The minimum Gasteiger partial charge on any atom is -0.379 e. The first-order valence-corrected chi connectivity index (χ1v) is 6.00. The second-order valence-electron chi connectivity index (χ2n) is 3.97. The lowest BCUT2D eigenvalue weighted by molar-refractivity contribution is 0.114. The average Bonchev–Trinajstić information content (AvgIpc) is 2.66. The van der Waals surface area contributed by atoms with Crippen LogP contribution in [-0.2, 0) is 18.2 Å². The number of aromatic nitrogens is 2. The zero-order valence-corrected chi connectivity index (χ0v) is 10.8. The van der Waals surface area contributed by atoms with Crippen LogP contribution in [0.25, 0.3) is 0 Å². The molecule has 4 nitrogen and oxygen atoms in total. The molecular formula is C12H23N3O. The Labute approximate surface area is 98.0 Å².